The standard InChI is InChI=1S/C12H20Cl2O2/c1-10(2)12(15)16-9-7-11(14)6-4-3-5-8-13/h11H,1,3-9H2,2H3. The minimum atomic E-state index is -0.342. The van der Waals surface area contributed by atoms with Gasteiger partial charge < -0.3 is 4.74 Å². The monoisotopic (exact) mass is 266 g/mol. The first-order valence-corrected chi connectivity index (χ1v) is 6.57. The van der Waals surface area contributed by atoms with Crippen molar-refractivity contribution in [2.45, 2.75) is 44.4 Å². The Hall–Kier alpha value is -0.210. The number of hydrogen-bond donors (Lipinski definition) is 0. The number of unbranched alkanes of at least 4 members (excludes halogenated alkanes) is 2. The Morgan fingerprint density at radius 3 is 2.56 bits per heavy atom. The highest BCUT2D eigenvalue weighted by Gasteiger charge is 2.07. The van der Waals surface area contributed by atoms with E-state index in [0.29, 0.717) is 24.5 Å². The van der Waals surface area contributed by atoms with Crippen LogP contribution in [-0.2, 0) is 9.53 Å². The van der Waals surface area contributed by atoms with Crippen LogP contribution in [0.25, 0.3) is 0 Å². The van der Waals surface area contributed by atoms with Crippen molar-refractivity contribution < 1.29 is 9.53 Å². The van der Waals surface area contributed by atoms with Crippen LogP contribution >= 0.6 is 23.2 Å². The lowest BCUT2D eigenvalue weighted by atomic mass is 10.1. The van der Waals surface area contributed by atoms with Gasteiger partial charge in [-0.05, 0) is 26.2 Å². The molecule has 0 rings (SSSR count). The molecule has 1 atom stereocenters. The van der Waals surface area contributed by atoms with Crippen molar-refractivity contribution in [2.75, 3.05) is 12.5 Å². The first-order valence-electron chi connectivity index (χ1n) is 5.60. The summed E-state index contributed by atoms with van der Waals surface area (Å²) in [5.41, 5.74) is 0.424. The normalized spacial score (nSPS) is 12.2. The largest absolute Gasteiger partial charge is 0.462 e. The molecule has 0 aliphatic heterocycles. The molecule has 0 spiro atoms. The number of carbonyl (C=O) groups is 1. The van der Waals surface area contributed by atoms with Gasteiger partial charge in [-0.2, -0.15) is 0 Å². The van der Waals surface area contributed by atoms with Gasteiger partial charge in [0.1, 0.15) is 0 Å². The zero-order chi connectivity index (χ0) is 12.4. The van der Waals surface area contributed by atoms with Gasteiger partial charge in [-0.25, -0.2) is 4.79 Å². The summed E-state index contributed by atoms with van der Waals surface area (Å²) in [6.07, 6.45) is 4.87. The van der Waals surface area contributed by atoms with Crippen molar-refractivity contribution in [3.8, 4) is 0 Å². The zero-order valence-corrected chi connectivity index (χ0v) is 11.3. The van der Waals surface area contributed by atoms with E-state index >= 15 is 0 Å². The van der Waals surface area contributed by atoms with Crippen LogP contribution in [0.3, 0.4) is 0 Å². The van der Waals surface area contributed by atoms with Gasteiger partial charge in [-0.15, -0.1) is 23.2 Å². The van der Waals surface area contributed by atoms with Gasteiger partial charge in [0.2, 0.25) is 0 Å². The second-order valence-electron chi connectivity index (χ2n) is 3.84. The molecule has 0 fully saturated rings. The molecule has 0 heterocycles. The van der Waals surface area contributed by atoms with E-state index in [9.17, 15) is 4.79 Å². The molecule has 4 heteroatoms. The minimum absolute atomic E-state index is 0.0771. The van der Waals surface area contributed by atoms with Crippen molar-refractivity contribution in [3.05, 3.63) is 12.2 Å². The van der Waals surface area contributed by atoms with E-state index in [4.69, 9.17) is 27.9 Å². The molecule has 16 heavy (non-hydrogen) atoms. The van der Waals surface area contributed by atoms with Gasteiger partial charge in [0.15, 0.2) is 0 Å². The summed E-state index contributed by atoms with van der Waals surface area (Å²) in [7, 11) is 0. The highest BCUT2D eigenvalue weighted by atomic mass is 35.5. The first kappa shape index (κ1) is 15.8. The summed E-state index contributed by atoms with van der Waals surface area (Å²) in [5, 5.41) is 0.0771. The molecule has 1 unspecified atom stereocenters. The highest BCUT2D eigenvalue weighted by Crippen LogP contribution is 2.13. The smallest absolute Gasteiger partial charge is 0.333 e. The molecule has 0 saturated heterocycles. The molecule has 0 aliphatic carbocycles. The Bertz CT molecular complexity index is 217. The minimum Gasteiger partial charge on any atom is -0.462 e. The molecule has 0 aromatic carbocycles. The molecule has 0 bridgehead atoms. The van der Waals surface area contributed by atoms with Gasteiger partial charge >= 0.3 is 5.97 Å². The number of ether oxygens (including phenoxy) is 1. The van der Waals surface area contributed by atoms with Gasteiger partial charge in [0, 0.05) is 16.8 Å². The van der Waals surface area contributed by atoms with Gasteiger partial charge in [0.25, 0.3) is 0 Å². The number of carbonyl (C=O) groups excluding carboxylic acids is 1. The van der Waals surface area contributed by atoms with Crippen LogP contribution in [-0.4, -0.2) is 23.8 Å². The molecule has 0 aromatic heterocycles. The van der Waals surface area contributed by atoms with E-state index in [1.807, 2.05) is 0 Å². The van der Waals surface area contributed by atoms with Crippen molar-refractivity contribution in [3.63, 3.8) is 0 Å². The van der Waals surface area contributed by atoms with Crippen molar-refractivity contribution >= 4 is 29.2 Å². The van der Waals surface area contributed by atoms with Crippen molar-refractivity contribution in [1.29, 1.82) is 0 Å². The van der Waals surface area contributed by atoms with Gasteiger partial charge in [-0.1, -0.05) is 19.4 Å². The zero-order valence-electron chi connectivity index (χ0n) is 9.81. The van der Waals surface area contributed by atoms with E-state index in [1.54, 1.807) is 6.92 Å². The fourth-order valence-electron chi connectivity index (χ4n) is 1.18. The molecule has 0 N–H and O–H groups in total. The average Bonchev–Trinajstić information content (AvgIpc) is 2.24. The predicted octanol–water partition coefficient (Wildman–Crippen LogP) is 3.90. The predicted molar refractivity (Wildman–Crippen MR) is 69.2 cm³/mol. The Labute approximate surface area is 108 Å². The summed E-state index contributed by atoms with van der Waals surface area (Å²) < 4.78 is 4.96. The van der Waals surface area contributed by atoms with Crippen molar-refractivity contribution in [2.24, 2.45) is 0 Å². The van der Waals surface area contributed by atoms with Crippen LogP contribution in [0, 0.1) is 0 Å². The second-order valence-corrected chi connectivity index (χ2v) is 4.84. The Balaban J connectivity index is 3.40. The number of esters is 1. The second kappa shape index (κ2) is 9.98. The lowest BCUT2D eigenvalue weighted by Crippen LogP contribution is -2.10. The van der Waals surface area contributed by atoms with Crippen LogP contribution in [0.15, 0.2) is 12.2 Å². The third-order valence-electron chi connectivity index (χ3n) is 2.16. The molecular weight excluding hydrogens is 247 g/mol. The first-order chi connectivity index (χ1) is 7.57. The molecule has 0 aromatic rings. The summed E-state index contributed by atoms with van der Waals surface area (Å²) in [6.45, 7) is 5.50. The number of rotatable bonds is 9. The summed E-state index contributed by atoms with van der Waals surface area (Å²) >= 11 is 11.6. The van der Waals surface area contributed by atoms with Crippen LogP contribution in [0.2, 0.25) is 0 Å². The molecule has 94 valence electrons. The Morgan fingerprint density at radius 2 is 2.00 bits per heavy atom. The Kier molecular flexibility index (Phi) is 9.85. The van der Waals surface area contributed by atoms with Gasteiger partial charge in [0.05, 0.1) is 6.61 Å². The molecule has 0 saturated carbocycles. The van der Waals surface area contributed by atoms with Crippen LogP contribution in [0.1, 0.15) is 39.0 Å². The number of halogens is 2. The molecule has 2 nitrogen and oxygen atoms in total. The van der Waals surface area contributed by atoms with E-state index in [-0.39, 0.29) is 11.3 Å². The van der Waals surface area contributed by atoms with E-state index in [0.717, 1.165) is 25.7 Å². The fourth-order valence-corrected chi connectivity index (χ4v) is 1.62. The molecular formula is C12H20Cl2O2. The van der Waals surface area contributed by atoms with Crippen molar-refractivity contribution in [1.82, 2.24) is 0 Å². The quantitative estimate of drug-likeness (QED) is 0.274. The topological polar surface area (TPSA) is 26.3 Å². The van der Waals surface area contributed by atoms with Crippen LogP contribution in [0.4, 0.5) is 0 Å². The van der Waals surface area contributed by atoms with Gasteiger partial charge in [-0.3, -0.25) is 0 Å². The lowest BCUT2D eigenvalue weighted by Gasteiger charge is -2.09. The van der Waals surface area contributed by atoms with E-state index in [1.165, 1.54) is 0 Å². The molecule has 0 amide bonds. The third-order valence-corrected chi connectivity index (χ3v) is 2.87. The highest BCUT2D eigenvalue weighted by molar-refractivity contribution is 6.20. The molecule has 0 aliphatic rings. The SMILES string of the molecule is C=C(C)C(=O)OCCC(Cl)CCCCCCl. The Morgan fingerprint density at radius 1 is 1.31 bits per heavy atom. The number of hydrogen-bond acceptors (Lipinski definition) is 2. The lowest BCUT2D eigenvalue weighted by molar-refractivity contribution is -0.139. The number of alkyl halides is 2. The van der Waals surface area contributed by atoms with E-state index < -0.39 is 0 Å². The third kappa shape index (κ3) is 9.05. The summed E-state index contributed by atoms with van der Waals surface area (Å²) in [5.74, 6) is 0.370. The fraction of sp³-hybridized carbons (Fsp3) is 0.750. The maximum absolute atomic E-state index is 11.0. The molecule has 0 radical (unpaired) electrons. The van der Waals surface area contributed by atoms with E-state index in [2.05, 4.69) is 6.58 Å². The summed E-state index contributed by atoms with van der Waals surface area (Å²) in [6, 6.07) is 0. The van der Waals surface area contributed by atoms with Crippen LogP contribution in [0.5, 0.6) is 0 Å². The maximum Gasteiger partial charge on any atom is 0.333 e. The average molecular weight is 267 g/mol. The maximum atomic E-state index is 11.0. The van der Waals surface area contributed by atoms with Crippen LogP contribution < -0.4 is 0 Å². The summed E-state index contributed by atoms with van der Waals surface area (Å²) in [4.78, 5) is 11.0.